The van der Waals surface area contributed by atoms with Crippen molar-refractivity contribution in [3.05, 3.63) is 56.7 Å². The van der Waals surface area contributed by atoms with Crippen LogP contribution in [0, 0.1) is 0 Å². The Hall–Kier alpha value is -0.740. The van der Waals surface area contributed by atoms with Crippen molar-refractivity contribution in [3.8, 4) is 5.69 Å². The van der Waals surface area contributed by atoms with Crippen LogP contribution in [0.2, 0.25) is 10.0 Å². The highest BCUT2D eigenvalue weighted by Gasteiger charge is 2.15. The lowest BCUT2D eigenvalue weighted by Gasteiger charge is -2.10. The lowest BCUT2D eigenvalue weighted by molar-refractivity contribution is 0.982. The van der Waals surface area contributed by atoms with Crippen molar-refractivity contribution in [2.24, 2.45) is 0 Å². The standard InChI is InChI=1S/C14H8BrCl3N2/c15-8-4-5-11(10(18)6-8)20-12-3-1-2-9(17)14(12)19-13(20)7-16/h1-6H,7H2. The minimum atomic E-state index is 0.275. The van der Waals surface area contributed by atoms with Crippen LogP contribution in [0.25, 0.3) is 16.7 Å². The van der Waals surface area contributed by atoms with E-state index in [2.05, 4.69) is 20.9 Å². The van der Waals surface area contributed by atoms with Gasteiger partial charge in [0.05, 0.1) is 27.1 Å². The van der Waals surface area contributed by atoms with Crippen LogP contribution in [-0.4, -0.2) is 9.55 Å². The number of hydrogen-bond acceptors (Lipinski definition) is 1. The van der Waals surface area contributed by atoms with E-state index in [-0.39, 0.29) is 5.88 Å². The second-order valence-corrected chi connectivity index (χ2v) is 6.20. The Morgan fingerprint density at radius 3 is 2.60 bits per heavy atom. The third-order valence-electron chi connectivity index (χ3n) is 2.98. The average molecular weight is 390 g/mol. The molecule has 3 rings (SSSR count). The predicted molar refractivity (Wildman–Crippen MR) is 88.3 cm³/mol. The highest BCUT2D eigenvalue weighted by atomic mass is 79.9. The van der Waals surface area contributed by atoms with Crippen molar-refractivity contribution in [1.29, 1.82) is 0 Å². The van der Waals surface area contributed by atoms with E-state index >= 15 is 0 Å². The van der Waals surface area contributed by atoms with E-state index in [4.69, 9.17) is 34.8 Å². The SMILES string of the molecule is ClCc1nc2c(Cl)cccc2n1-c1ccc(Br)cc1Cl. The van der Waals surface area contributed by atoms with Crippen LogP contribution in [-0.2, 0) is 5.88 Å². The molecule has 0 bridgehead atoms. The zero-order chi connectivity index (χ0) is 14.3. The molecule has 0 atom stereocenters. The third kappa shape index (κ3) is 2.33. The van der Waals surface area contributed by atoms with Crippen molar-refractivity contribution >= 4 is 61.8 Å². The number of hydrogen-bond donors (Lipinski definition) is 0. The molecule has 2 aromatic carbocycles. The molecule has 20 heavy (non-hydrogen) atoms. The quantitative estimate of drug-likeness (QED) is 0.503. The largest absolute Gasteiger partial charge is 0.294 e. The van der Waals surface area contributed by atoms with Gasteiger partial charge in [-0.15, -0.1) is 11.6 Å². The van der Waals surface area contributed by atoms with E-state index in [0.29, 0.717) is 15.9 Å². The Kier molecular flexibility index (Phi) is 3.95. The number of halogens is 4. The highest BCUT2D eigenvalue weighted by molar-refractivity contribution is 9.10. The minimum absolute atomic E-state index is 0.275. The second kappa shape index (κ2) is 5.57. The zero-order valence-corrected chi connectivity index (χ0v) is 13.9. The molecular weight excluding hydrogens is 382 g/mol. The number of benzene rings is 2. The lowest BCUT2D eigenvalue weighted by atomic mass is 10.2. The monoisotopic (exact) mass is 388 g/mol. The first-order chi connectivity index (χ1) is 9.61. The minimum Gasteiger partial charge on any atom is -0.294 e. The molecule has 0 fully saturated rings. The van der Waals surface area contributed by atoms with Crippen LogP contribution in [0.5, 0.6) is 0 Å². The van der Waals surface area contributed by atoms with Crippen LogP contribution < -0.4 is 0 Å². The summed E-state index contributed by atoms with van der Waals surface area (Å²) in [7, 11) is 0. The van der Waals surface area contributed by atoms with E-state index < -0.39 is 0 Å². The molecule has 0 saturated carbocycles. The fraction of sp³-hybridized carbons (Fsp3) is 0.0714. The first-order valence-electron chi connectivity index (χ1n) is 5.79. The van der Waals surface area contributed by atoms with E-state index in [1.165, 1.54) is 0 Å². The van der Waals surface area contributed by atoms with Gasteiger partial charge in [-0.05, 0) is 30.3 Å². The summed E-state index contributed by atoms with van der Waals surface area (Å²) in [6.45, 7) is 0. The van der Waals surface area contributed by atoms with Crippen molar-refractivity contribution in [3.63, 3.8) is 0 Å². The number of para-hydroxylation sites is 1. The molecular formula is C14H8BrCl3N2. The van der Waals surface area contributed by atoms with Crippen LogP contribution in [0.15, 0.2) is 40.9 Å². The van der Waals surface area contributed by atoms with E-state index in [1.54, 1.807) is 0 Å². The Morgan fingerprint density at radius 2 is 1.90 bits per heavy atom. The van der Waals surface area contributed by atoms with Crippen LogP contribution >= 0.6 is 50.7 Å². The molecule has 6 heteroatoms. The fourth-order valence-electron chi connectivity index (χ4n) is 2.13. The van der Waals surface area contributed by atoms with Gasteiger partial charge in [-0.3, -0.25) is 4.57 Å². The number of imidazole rings is 1. The number of rotatable bonds is 2. The fourth-order valence-corrected chi connectivity index (χ4v) is 3.28. The Morgan fingerprint density at radius 1 is 1.10 bits per heavy atom. The summed E-state index contributed by atoms with van der Waals surface area (Å²) in [6, 6.07) is 11.3. The zero-order valence-electron chi connectivity index (χ0n) is 10.1. The Balaban J connectivity index is 2.37. The number of aromatic nitrogens is 2. The summed E-state index contributed by atoms with van der Waals surface area (Å²) in [6.07, 6.45) is 0. The van der Waals surface area contributed by atoms with E-state index in [1.807, 2.05) is 41.0 Å². The first-order valence-corrected chi connectivity index (χ1v) is 7.87. The summed E-state index contributed by atoms with van der Waals surface area (Å²) in [5, 5.41) is 1.21. The summed E-state index contributed by atoms with van der Waals surface area (Å²) >= 11 is 21.9. The molecule has 0 aliphatic rings. The first kappa shape index (κ1) is 14.2. The van der Waals surface area contributed by atoms with Gasteiger partial charge < -0.3 is 0 Å². The molecule has 0 spiro atoms. The van der Waals surface area contributed by atoms with Crippen molar-refractivity contribution in [1.82, 2.24) is 9.55 Å². The predicted octanol–water partition coefficient (Wildman–Crippen LogP) is 5.83. The van der Waals surface area contributed by atoms with Crippen molar-refractivity contribution < 1.29 is 0 Å². The molecule has 0 radical (unpaired) electrons. The van der Waals surface area contributed by atoms with Crippen LogP contribution in [0.4, 0.5) is 0 Å². The molecule has 102 valence electrons. The molecule has 0 aliphatic carbocycles. The average Bonchev–Trinajstić information content (AvgIpc) is 2.79. The lowest BCUT2D eigenvalue weighted by Crippen LogP contribution is -2.00. The van der Waals surface area contributed by atoms with E-state index in [0.717, 1.165) is 21.2 Å². The second-order valence-electron chi connectivity index (χ2n) is 4.20. The van der Waals surface area contributed by atoms with Gasteiger partial charge in [0.1, 0.15) is 11.3 Å². The maximum absolute atomic E-state index is 6.34. The summed E-state index contributed by atoms with van der Waals surface area (Å²) in [5.41, 5.74) is 2.44. The van der Waals surface area contributed by atoms with Crippen LogP contribution in [0.1, 0.15) is 5.82 Å². The number of alkyl halides is 1. The normalized spacial score (nSPS) is 11.2. The topological polar surface area (TPSA) is 17.8 Å². The summed E-state index contributed by atoms with van der Waals surface area (Å²) in [4.78, 5) is 4.50. The molecule has 2 nitrogen and oxygen atoms in total. The van der Waals surface area contributed by atoms with Gasteiger partial charge in [0, 0.05) is 4.47 Å². The number of fused-ring (bicyclic) bond motifs is 1. The van der Waals surface area contributed by atoms with Gasteiger partial charge >= 0.3 is 0 Å². The van der Waals surface area contributed by atoms with Crippen molar-refractivity contribution in [2.45, 2.75) is 5.88 Å². The van der Waals surface area contributed by atoms with Gasteiger partial charge in [0.15, 0.2) is 0 Å². The van der Waals surface area contributed by atoms with E-state index in [9.17, 15) is 0 Å². The van der Waals surface area contributed by atoms with Crippen molar-refractivity contribution in [2.75, 3.05) is 0 Å². The molecule has 1 aromatic heterocycles. The van der Waals surface area contributed by atoms with Gasteiger partial charge in [-0.1, -0.05) is 45.2 Å². The maximum Gasteiger partial charge on any atom is 0.129 e. The molecule has 1 heterocycles. The third-order valence-corrected chi connectivity index (χ3v) is 4.32. The maximum atomic E-state index is 6.34. The van der Waals surface area contributed by atoms with Gasteiger partial charge in [0.25, 0.3) is 0 Å². The Labute approximate surface area is 139 Å². The molecule has 0 saturated heterocycles. The summed E-state index contributed by atoms with van der Waals surface area (Å²) in [5.74, 6) is 0.983. The van der Waals surface area contributed by atoms with Crippen LogP contribution in [0.3, 0.4) is 0 Å². The molecule has 0 unspecified atom stereocenters. The highest BCUT2D eigenvalue weighted by Crippen LogP contribution is 2.32. The smallest absolute Gasteiger partial charge is 0.129 e. The molecule has 0 aliphatic heterocycles. The van der Waals surface area contributed by atoms with Gasteiger partial charge in [0.2, 0.25) is 0 Å². The molecule has 0 amide bonds. The van der Waals surface area contributed by atoms with Gasteiger partial charge in [-0.25, -0.2) is 4.98 Å². The summed E-state index contributed by atoms with van der Waals surface area (Å²) < 4.78 is 2.85. The molecule has 0 N–H and O–H groups in total. The van der Waals surface area contributed by atoms with Gasteiger partial charge in [-0.2, -0.15) is 0 Å². The number of nitrogens with zero attached hydrogens (tertiary/aromatic N) is 2. The Bertz CT molecular complexity index is 798. The molecule has 3 aromatic rings.